The first-order valence-corrected chi connectivity index (χ1v) is 4.60. The van der Waals surface area contributed by atoms with Gasteiger partial charge < -0.3 is 4.74 Å². The minimum Gasteiger partial charge on any atom is -0.496 e. The van der Waals surface area contributed by atoms with Gasteiger partial charge in [0.15, 0.2) is 0 Å². The van der Waals surface area contributed by atoms with E-state index in [0.29, 0.717) is 0 Å². The van der Waals surface area contributed by atoms with Gasteiger partial charge in [-0.3, -0.25) is 10.5 Å². The number of nitrogens with zero attached hydrogens (tertiary/aromatic N) is 2. The molecule has 0 aliphatic carbocycles. The Morgan fingerprint density at radius 2 is 2.57 bits per heavy atom. The second-order valence-electron chi connectivity index (χ2n) is 3.26. The van der Waals surface area contributed by atoms with E-state index in [0.717, 1.165) is 24.5 Å². The Morgan fingerprint density at radius 1 is 1.71 bits per heavy atom. The van der Waals surface area contributed by atoms with Crippen molar-refractivity contribution in [2.75, 3.05) is 6.61 Å². The van der Waals surface area contributed by atoms with Crippen LogP contribution in [0.15, 0.2) is 24.1 Å². The van der Waals surface area contributed by atoms with Gasteiger partial charge in [0.25, 0.3) is 0 Å². The topological polar surface area (TPSA) is 65.1 Å². The fraction of sp³-hybridized carbons (Fsp3) is 0.444. The van der Waals surface area contributed by atoms with Crippen LogP contribution in [-0.2, 0) is 11.8 Å². The Kier molecular flexibility index (Phi) is 2.51. The second kappa shape index (κ2) is 3.81. The van der Waals surface area contributed by atoms with Crippen molar-refractivity contribution in [1.29, 1.82) is 0 Å². The number of rotatable bonds is 3. The van der Waals surface area contributed by atoms with Crippen LogP contribution >= 0.6 is 0 Å². The summed E-state index contributed by atoms with van der Waals surface area (Å²) in [6, 6.07) is 1.80. The lowest BCUT2D eigenvalue weighted by molar-refractivity contribution is 0.214. The molecule has 0 radical (unpaired) electrons. The summed E-state index contributed by atoms with van der Waals surface area (Å²) in [5.41, 5.74) is 3.58. The van der Waals surface area contributed by atoms with Crippen LogP contribution in [0.1, 0.15) is 18.2 Å². The van der Waals surface area contributed by atoms with E-state index < -0.39 is 0 Å². The summed E-state index contributed by atoms with van der Waals surface area (Å²) >= 11 is 0. The minimum absolute atomic E-state index is 0.126. The van der Waals surface area contributed by atoms with Gasteiger partial charge in [0.05, 0.1) is 12.3 Å². The highest BCUT2D eigenvalue weighted by atomic mass is 16.5. The number of hydrazine groups is 1. The van der Waals surface area contributed by atoms with Crippen molar-refractivity contribution in [3.05, 3.63) is 29.8 Å². The Morgan fingerprint density at radius 3 is 3.07 bits per heavy atom. The molecular weight excluding hydrogens is 180 g/mol. The molecule has 1 aromatic heterocycles. The molecule has 1 aliphatic heterocycles. The molecule has 0 fully saturated rings. The van der Waals surface area contributed by atoms with Crippen molar-refractivity contribution in [3.63, 3.8) is 0 Å². The highest BCUT2D eigenvalue weighted by molar-refractivity contribution is 5.18. The van der Waals surface area contributed by atoms with Crippen LogP contribution in [0.5, 0.6) is 0 Å². The number of nitrogens with one attached hydrogen (secondary N) is 1. The summed E-state index contributed by atoms with van der Waals surface area (Å²) in [5, 5.41) is 4.28. The molecule has 14 heavy (non-hydrogen) atoms. The van der Waals surface area contributed by atoms with E-state index >= 15 is 0 Å². The molecule has 1 unspecified atom stereocenters. The normalized spacial score (nSPS) is 17.7. The van der Waals surface area contributed by atoms with E-state index in [9.17, 15) is 0 Å². The average molecular weight is 194 g/mol. The molecule has 0 saturated carbocycles. The van der Waals surface area contributed by atoms with Gasteiger partial charge in [-0.1, -0.05) is 0 Å². The molecule has 5 heteroatoms. The number of ether oxygens (including phenoxy) is 1. The predicted molar refractivity (Wildman–Crippen MR) is 51.9 cm³/mol. The standard InChI is InChI=1S/C9H14N4O/c1-13-5-4-7(12-13)9(11-10)8-3-2-6-14-8/h3-5,9,11H,2,6,10H2,1H3. The number of hydrogen-bond donors (Lipinski definition) is 2. The summed E-state index contributed by atoms with van der Waals surface area (Å²) in [6.07, 6.45) is 4.87. The van der Waals surface area contributed by atoms with Crippen LogP contribution in [0, 0.1) is 0 Å². The Labute approximate surface area is 82.5 Å². The predicted octanol–water partition coefficient (Wildman–Crippen LogP) is 0.229. The van der Waals surface area contributed by atoms with Crippen molar-refractivity contribution in [2.24, 2.45) is 12.9 Å². The van der Waals surface area contributed by atoms with E-state index in [1.807, 2.05) is 25.4 Å². The largest absolute Gasteiger partial charge is 0.496 e. The van der Waals surface area contributed by atoms with Crippen LogP contribution in [0.25, 0.3) is 0 Å². The Hall–Kier alpha value is -1.33. The fourth-order valence-electron chi connectivity index (χ4n) is 1.54. The fourth-order valence-corrected chi connectivity index (χ4v) is 1.54. The molecule has 1 atom stereocenters. The van der Waals surface area contributed by atoms with Gasteiger partial charge >= 0.3 is 0 Å². The molecular formula is C9H14N4O. The number of aryl methyl sites for hydroxylation is 1. The summed E-state index contributed by atoms with van der Waals surface area (Å²) in [5.74, 6) is 6.34. The van der Waals surface area contributed by atoms with Crippen LogP contribution in [-0.4, -0.2) is 16.4 Å². The lowest BCUT2D eigenvalue weighted by Crippen LogP contribution is -2.30. The highest BCUT2D eigenvalue weighted by Crippen LogP contribution is 2.24. The lowest BCUT2D eigenvalue weighted by Gasteiger charge is -2.14. The van der Waals surface area contributed by atoms with E-state index in [1.165, 1.54) is 0 Å². The average Bonchev–Trinajstić information content (AvgIpc) is 2.79. The van der Waals surface area contributed by atoms with Crippen molar-refractivity contribution in [3.8, 4) is 0 Å². The van der Waals surface area contributed by atoms with Crippen LogP contribution < -0.4 is 11.3 Å². The Bertz CT molecular complexity index is 344. The maximum atomic E-state index is 5.47. The van der Waals surface area contributed by atoms with E-state index in [2.05, 4.69) is 10.5 Å². The number of nitrogens with two attached hydrogens (primary N) is 1. The van der Waals surface area contributed by atoms with Crippen molar-refractivity contribution >= 4 is 0 Å². The summed E-state index contributed by atoms with van der Waals surface area (Å²) < 4.78 is 7.18. The number of hydrogen-bond acceptors (Lipinski definition) is 4. The molecule has 0 spiro atoms. The van der Waals surface area contributed by atoms with Crippen LogP contribution in [0.2, 0.25) is 0 Å². The third kappa shape index (κ3) is 1.64. The summed E-state index contributed by atoms with van der Waals surface area (Å²) in [7, 11) is 1.88. The van der Waals surface area contributed by atoms with Gasteiger partial charge in [0, 0.05) is 19.7 Å². The second-order valence-corrected chi connectivity index (χ2v) is 3.26. The monoisotopic (exact) mass is 194 g/mol. The molecule has 76 valence electrons. The third-order valence-corrected chi connectivity index (χ3v) is 2.21. The van der Waals surface area contributed by atoms with E-state index in [4.69, 9.17) is 10.6 Å². The minimum atomic E-state index is -0.126. The van der Waals surface area contributed by atoms with E-state index in [-0.39, 0.29) is 6.04 Å². The van der Waals surface area contributed by atoms with Crippen LogP contribution in [0.4, 0.5) is 0 Å². The molecule has 1 aromatic rings. The summed E-state index contributed by atoms with van der Waals surface area (Å²) in [4.78, 5) is 0. The van der Waals surface area contributed by atoms with Crippen molar-refractivity contribution in [2.45, 2.75) is 12.5 Å². The first-order chi connectivity index (χ1) is 6.81. The van der Waals surface area contributed by atoms with Crippen molar-refractivity contribution < 1.29 is 4.74 Å². The third-order valence-electron chi connectivity index (χ3n) is 2.21. The quantitative estimate of drug-likeness (QED) is 0.534. The smallest absolute Gasteiger partial charge is 0.122 e. The first-order valence-electron chi connectivity index (χ1n) is 4.60. The number of aromatic nitrogens is 2. The molecule has 0 saturated heterocycles. The maximum Gasteiger partial charge on any atom is 0.122 e. The molecule has 2 rings (SSSR count). The maximum absolute atomic E-state index is 5.47. The van der Waals surface area contributed by atoms with E-state index in [1.54, 1.807) is 4.68 Å². The first kappa shape index (κ1) is 9.23. The highest BCUT2D eigenvalue weighted by Gasteiger charge is 2.21. The summed E-state index contributed by atoms with van der Waals surface area (Å²) in [6.45, 7) is 0.736. The zero-order chi connectivity index (χ0) is 9.97. The molecule has 0 bridgehead atoms. The van der Waals surface area contributed by atoms with Crippen molar-refractivity contribution in [1.82, 2.24) is 15.2 Å². The van der Waals surface area contributed by atoms with Gasteiger partial charge in [-0.05, 0) is 12.1 Å². The lowest BCUT2D eigenvalue weighted by atomic mass is 10.2. The van der Waals surface area contributed by atoms with Gasteiger partial charge in [-0.15, -0.1) is 0 Å². The molecule has 3 N–H and O–H groups in total. The Balaban J connectivity index is 2.20. The van der Waals surface area contributed by atoms with Gasteiger partial charge in [0.2, 0.25) is 0 Å². The molecule has 2 heterocycles. The molecule has 1 aliphatic rings. The molecule has 0 aromatic carbocycles. The SMILES string of the molecule is Cn1ccc(C(NN)C2=CCCO2)n1. The van der Waals surface area contributed by atoms with Gasteiger partial charge in [-0.25, -0.2) is 5.43 Å². The molecule has 0 amide bonds. The van der Waals surface area contributed by atoms with Gasteiger partial charge in [0.1, 0.15) is 11.8 Å². The zero-order valence-electron chi connectivity index (χ0n) is 8.10. The van der Waals surface area contributed by atoms with Gasteiger partial charge in [-0.2, -0.15) is 5.10 Å². The molecule has 5 nitrogen and oxygen atoms in total. The van der Waals surface area contributed by atoms with Crippen LogP contribution in [0.3, 0.4) is 0 Å². The zero-order valence-corrected chi connectivity index (χ0v) is 8.10.